The SMILES string of the molecule is COC(=O)C(C)(N)CC/C(F)=C/CN.Cl.Cl. The molecule has 4 nitrogen and oxygen atoms in total. The van der Waals surface area contributed by atoms with Crippen LogP contribution < -0.4 is 11.5 Å². The molecule has 0 amide bonds. The Bertz CT molecular complexity index is 236. The summed E-state index contributed by atoms with van der Waals surface area (Å²) < 4.78 is 17.4. The molecule has 7 heteroatoms. The van der Waals surface area contributed by atoms with Gasteiger partial charge in [-0.3, -0.25) is 4.79 Å². The Hall–Kier alpha value is -0.360. The highest BCUT2D eigenvalue weighted by Crippen LogP contribution is 2.15. The number of halogens is 3. The van der Waals surface area contributed by atoms with E-state index in [4.69, 9.17) is 11.5 Å². The molecule has 0 saturated carbocycles. The van der Waals surface area contributed by atoms with Gasteiger partial charge in [0.15, 0.2) is 0 Å². The first-order chi connectivity index (χ1) is 6.44. The molecular formula is C9H19Cl2FN2O2. The number of hydrogen-bond donors (Lipinski definition) is 2. The van der Waals surface area contributed by atoms with Crippen LogP contribution in [-0.2, 0) is 9.53 Å². The molecule has 0 fully saturated rings. The van der Waals surface area contributed by atoms with E-state index < -0.39 is 11.5 Å². The minimum Gasteiger partial charge on any atom is -0.468 e. The molecule has 4 N–H and O–H groups in total. The number of carbonyl (C=O) groups excluding carboxylic acids is 1. The molecule has 0 spiro atoms. The third kappa shape index (κ3) is 7.87. The highest BCUT2D eigenvalue weighted by molar-refractivity contribution is 5.85. The standard InChI is InChI=1S/C9H17FN2O2.2ClH/c1-9(12,8(13)14-2)5-3-7(10)4-6-11;;/h4H,3,5-6,11-12H2,1-2H3;2*1H/b7-4-;;. The van der Waals surface area contributed by atoms with Gasteiger partial charge in [0.05, 0.1) is 12.9 Å². The fourth-order valence-electron chi connectivity index (χ4n) is 0.944. The van der Waals surface area contributed by atoms with Crippen LogP contribution in [0.1, 0.15) is 19.8 Å². The Kier molecular flexibility index (Phi) is 12.9. The summed E-state index contributed by atoms with van der Waals surface area (Å²) in [5, 5.41) is 0. The Balaban J connectivity index is -0.000000845. The van der Waals surface area contributed by atoms with E-state index in [0.717, 1.165) is 0 Å². The lowest BCUT2D eigenvalue weighted by molar-refractivity contribution is -0.146. The Morgan fingerprint density at radius 3 is 2.38 bits per heavy atom. The maximum Gasteiger partial charge on any atom is 0.325 e. The summed E-state index contributed by atoms with van der Waals surface area (Å²) in [7, 11) is 1.25. The van der Waals surface area contributed by atoms with E-state index in [-0.39, 0.29) is 50.0 Å². The van der Waals surface area contributed by atoms with Crippen molar-refractivity contribution in [2.75, 3.05) is 13.7 Å². The van der Waals surface area contributed by atoms with Crippen molar-refractivity contribution in [1.82, 2.24) is 0 Å². The zero-order chi connectivity index (χ0) is 11.2. The van der Waals surface area contributed by atoms with Crippen LogP contribution in [0.2, 0.25) is 0 Å². The van der Waals surface area contributed by atoms with E-state index in [1.54, 1.807) is 0 Å². The van der Waals surface area contributed by atoms with Crippen LogP contribution in [0.3, 0.4) is 0 Å². The number of nitrogens with two attached hydrogens (primary N) is 2. The molecule has 0 aromatic heterocycles. The number of allylic oxidation sites excluding steroid dienone is 1. The Labute approximate surface area is 107 Å². The van der Waals surface area contributed by atoms with Crippen molar-refractivity contribution in [1.29, 1.82) is 0 Å². The van der Waals surface area contributed by atoms with Crippen molar-refractivity contribution in [2.24, 2.45) is 11.5 Å². The molecule has 0 rings (SSSR count). The molecule has 0 aromatic rings. The minimum atomic E-state index is -1.14. The molecule has 0 bridgehead atoms. The summed E-state index contributed by atoms with van der Waals surface area (Å²) >= 11 is 0. The van der Waals surface area contributed by atoms with Crippen molar-refractivity contribution in [2.45, 2.75) is 25.3 Å². The molecule has 16 heavy (non-hydrogen) atoms. The molecule has 0 saturated heterocycles. The highest BCUT2D eigenvalue weighted by atomic mass is 35.5. The van der Waals surface area contributed by atoms with Crippen LogP contribution in [0.15, 0.2) is 11.9 Å². The predicted octanol–water partition coefficient (Wildman–Crippen LogP) is 1.31. The summed E-state index contributed by atoms with van der Waals surface area (Å²) in [5.41, 5.74) is 9.59. The number of methoxy groups -OCH3 is 1. The number of hydrogen-bond acceptors (Lipinski definition) is 4. The molecule has 0 aliphatic heterocycles. The van der Waals surface area contributed by atoms with E-state index in [0.29, 0.717) is 0 Å². The molecule has 0 aromatic carbocycles. The number of ether oxygens (including phenoxy) is 1. The summed E-state index contributed by atoms with van der Waals surface area (Å²) in [6.07, 6.45) is 1.55. The van der Waals surface area contributed by atoms with Crippen molar-refractivity contribution in [3.05, 3.63) is 11.9 Å². The van der Waals surface area contributed by atoms with E-state index in [9.17, 15) is 9.18 Å². The van der Waals surface area contributed by atoms with Crippen LogP contribution in [0.25, 0.3) is 0 Å². The highest BCUT2D eigenvalue weighted by Gasteiger charge is 2.29. The van der Waals surface area contributed by atoms with Gasteiger partial charge in [-0.1, -0.05) is 0 Å². The largest absolute Gasteiger partial charge is 0.468 e. The zero-order valence-corrected chi connectivity index (χ0v) is 11.0. The molecule has 1 unspecified atom stereocenters. The van der Waals surface area contributed by atoms with Crippen molar-refractivity contribution >= 4 is 30.8 Å². The van der Waals surface area contributed by atoms with Crippen LogP contribution >= 0.6 is 24.8 Å². The van der Waals surface area contributed by atoms with Gasteiger partial charge in [0.1, 0.15) is 5.54 Å². The topological polar surface area (TPSA) is 78.3 Å². The van der Waals surface area contributed by atoms with E-state index in [1.165, 1.54) is 20.1 Å². The first-order valence-electron chi connectivity index (χ1n) is 4.36. The van der Waals surface area contributed by atoms with Gasteiger partial charge in [-0.15, -0.1) is 24.8 Å². The maximum atomic E-state index is 12.9. The van der Waals surface area contributed by atoms with Gasteiger partial charge < -0.3 is 16.2 Å². The second kappa shape index (κ2) is 9.84. The van der Waals surface area contributed by atoms with E-state index in [1.807, 2.05) is 0 Å². The quantitative estimate of drug-likeness (QED) is 0.743. The van der Waals surface area contributed by atoms with Gasteiger partial charge >= 0.3 is 5.97 Å². The predicted molar refractivity (Wildman–Crippen MR) is 66.6 cm³/mol. The third-order valence-corrected chi connectivity index (χ3v) is 1.87. The molecule has 0 heterocycles. The van der Waals surface area contributed by atoms with Crippen molar-refractivity contribution < 1.29 is 13.9 Å². The average molecular weight is 277 g/mol. The Morgan fingerprint density at radius 1 is 1.50 bits per heavy atom. The van der Waals surface area contributed by atoms with Crippen LogP contribution in [0.5, 0.6) is 0 Å². The molecular weight excluding hydrogens is 258 g/mol. The first-order valence-corrected chi connectivity index (χ1v) is 4.36. The van der Waals surface area contributed by atoms with Gasteiger partial charge in [-0.05, 0) is 19.4 Å². The lowest BCUT2D eigenvalue weighted by Gasteiger charge is -2.20. The number of esters is 1. The number of carbonyl (C=O) groups is 1. The van der Waals surface area contributed by atoms with Crippen molar-refractivity contribution in [3.63, 3.8) is 0 Å². The lowest BCUT2D eigenvalue weighted by Crippen LogP contribution is -2.45. The van der Waals surface area contributed by atoms with Gasteiger partial charge in [0.2, 0.25) is 0 Å². The normalized spacial score (nSPS) is 14.2. The second-order valence-electron chi connectivity index (χ2n) is 3.30. The van der Waals surface area contributed by atoms with Gasteiger partial charge in [0, 0.05) is 13.0 Å². The maximum absolute atomic E-state index is 12.9. The molecule has 1 atom stereocenters. The fraction of sp³-hybridized carbons (Fsp3) is 0.667. The van der Waals surface area contributed by atoms with Gasteiger partial charge in [0.25, 0.3) is 0 Å². The summed E-state index contributed by atoms with van der Waals surface area (Å²) in [6.45, 7) is 1.65. The molecule has 0 radical (unpaired) electrons. The number of rotatable bonds is 5. The fourth-order valence-corrected chi connectivity index (χ4v) is 0.944. The third-order valence-electron chi connectivity index (χ3n) is 1.87. The van der Waals surface area contributed by atoms with Crippen LogP contribution in [0, 0.1) is 0 Å². The van der Waals surface area contributed by atoms with Crippen LogP contribution in [-0.4, -0.2) is 25.2 Å². The molecule has 0 aliphatic rings. The second-order valence-corrected chi connectivity index (χ2v) is 3.30. The smallest absolute Gasteiger partial charge is 0.325 e. The van der Waals surface area contributed by atoms with Crippen molar-refractivity contribution in [3.8, 4) is 0 Å². The lowest BCUT2D eigenvalue weighted by atomic mass is 9.97. The first kappa shape index (κ1) is 21.0. The summed E-state index contributed by atoms with van der Waals surface area (Å²) in [6, 6.07) is 0. The zero-order valence-electron chi connectivity index (χ0n) is 9.36. The van der Waals surface area contributed by atoms with E-state index in [2.05, 4.69) is 4.74 Å². The molecule has 98 valence electrons. The molecule has 0 aliphatic carbocycles. The summed E-state index contributed by atoms with van der Waals surface area (Å²) in [4.78, 5) is 11.1. The van der Waals surface area contributed by atoms with Gasteiger partial charge in [-0.25, -0.2) is 4.39 Å². The van der Waals surface area contributed by atoms with E-state index >= 15 is 0 Å². The van der Waals surface area contributed by atoms with Gasteiger partial charge in [-0.2, -0.15) is 0 Å². The summed E-state index contributed by atoms with van der Waals surface area (Å²) in [5.74, 6) is -0.897. The Morgan fingerprint density at radius 2 is 2.00 bits per heavy atom. The average Bonchev–Trinajstić information content (AvgIpc) is 2.14. The van der Waals surface area contributed by atoms with Crippen LogP contribution in [0.4, 0.5) is 4.39 Å². The monoisotopic (exact) mass is 276 g/mol. The minimum absolute atomic E-state index is 0.